The molecule has 1 aliphatic rings. The fraction of sp³-hybridized carbons (Fsp3) is 1.00. The molecule has 0 aliphatic carbocycles. The molecule has 0 saturated carbocycles. The van der Waals surface area contributed by atoms with E-state index in [0.717, 1.165) is 26.3 Å². The van der Waals surface area contributed by atoms with E-state index in [-0.39, 0.29) is 0 Å². The SMILES string of the molecule is CCC(CC)NN1CCOCC1. The predicted octanol–water partition coefficient (Wildman–Crippen LogP) is 1.01. The number of ether oxygens (including phenoxy) is 1. The summed E-state index contributed by atoms with van der Waals surface area (Å²) in [6.07, 6.45) is 2.40. The third-order valence-electron chi connectivity index (χ3n) is 2.36. The summed E-state index contributed by atoms with van der Waals surface area (Å²) in [7, 11) is 0. The second-order valence-corrected chi connectivity index (χ2v) is 3.24. The van der Waals surface area contributed by atoms with E-state index in [1.165, 1.54) is 12.8 Å². The first-order valence-corrected chi connectivity index (χ1v) is 4.95. The van der Waals surface area contributed by atoms with Crippen LogP contribution in [0.1, 0.15) is 26.7 Å². The largest absolute Gasteiger partial charge is 0.379 e. The van der Waals surface area contributed by atoms with Crippen molar-refractivity contribution in [2.24, 2.45) is 0 Å². The molecule has 1 fully saturated rings. The Morgan fingerprint density at radius 2 is 1.83 bits per heavy atom. The third kappa shape index (κ3) is 3.09. The lowest BCUT2D eigenvalue weighted by molar-refractivity contribution is 0.00294. The zero-order chi connectivity index (χ0) is 8.81. The summed E-state index contributed by atoms with van der Waals surface area (Å²) < 4.78 is 5.27. The van der Waals surface area contributed by atoms with Crippen molar-refractivity contribution in [1.29, 1.82) is 0 Å². The first kappa shape index (κ1) is 9.96. The van der Waals surface area contributed by atoms with Gasteiger partial charge >= 0.3 is 0 Å². The summed E-state index contributed by atoms with van der Waals surface area (Å²) in [6.45, 7) is 8.23. The topological polar surface area (TPSA) is 24.5 Å². The normalized spacial score (nSPS) is 20.2. The van der Waals surface area contributed by atoms with Gasteiger partial charge in [0.1, 0.15) is 0 Å². The predicted molar refractivity (Wildman–Crippen MR) is 49.9 cm³/mol. The van der Waals surface area contributed by atoms with Gasteiger partial charge in [0.15, 0.2) is 0 Å². The van der Waals surface area contributed by atoms with E-state index in [2.05, 4.69) is 24.3 Å². The third-order valence-corrected chi connectivity index (χ3v) is 2.36. The Hall–Kier alpha value is -0.120. The number of rotatable bonds is 4. The fourth-order valence-corrected chi connectivity index (χ4v) is 1.42. The first-order valence-electron chi connectivity index (χ1n) is 4.95. The van der Waals surface area contributed by atoms with E-state index in [1.54, 1.807) is 0 Å². The van der Waals surface area contributed by atoms with E-state index < -0.39 is 0 Å². The smallest absolute Gasteiger partial charge is 0.0608 e. The van der Waals surface area contributed by atoms with Gasteiger partial charge in [-0.05, 0) is 12.8 Å². The molecule has 1 saturated heterocycles. The highest BCUT2D eigenvalue weighted by molar-refractivity contribution is 4.64. The average Bonchev–Trinajstić information content (AvgIpc) is 2.16. The fourth-order valence-electron chi connectivity index (χ4n) is 1.42. The first-order chi connectivity index (χ1) is 5.86. The van der Waals surface area contributed by atoms with Crippen LogP contribution in [0.5, 0.6) is 0 Å². The molecular formula is C9H20N2O. The molecule has 3 heteroatoms. The van der Waals surface area contributed by atoms with Crippen molar-refractivity contribution in [1.82, 2.24) is 10.4 Å². The Labute approximate surface area is 75.0 Å². The molecule has 0 unspecified atom stereocenters. The van der Waals surface area contributed by atoms with Crippen LogP contribution in [-0.2, 0) is 4.74 Å². The highest BCUT2D eigenvalue weighted by Crippen LogP contribution is 2.00. The van der Waals surface area contributed by atoms with Crippen LogP contribution in [-0.4, -0.2) is 37.4 Å². The number of nitrogens with zero attached hydrogens (tertiary/aromatic N) is 1. The van der Waals surface area contributed by atoms with Crippen LogP contribution in [0.15, 0.2) is 0 Å². The highest BCUT2D eigenvalue weighted by Gasteiger charge is 2.12. The van der Waals surface area contributed by atoms with E-state index >= 15 is 0 Å². The van der Waals surface area contributed by atoms with Crippen LogP contribution in [0.2, 0.25) is 0 Å². The molecule has 72 valence electrons. The lowest BCUT2D eigenvalue weighted by Gasteiger charge is -2.30. The molecule has 0 radical (unpaired) electrons. The Morgan fingerprint density at radius 3 is 2.33 bits per heavy atom. The summed E-state index contributed by atoms with van der Waals surface area (Å²) >= 11 is 0. The van der Waals surface area contributed by atoms with Crippen LogP contribution in [0, 0.1) is 0 Å². The molecule has 0 atom stereocenters. The zero-order valence-electron chi connectivity index (χ0n) is 8.18. The summed E-state index contributed by atoms with van der Waals surface area (Å²) in [4.78, 5) is 0. The van der Waals surface area contributed by atoms with Crippen molar-refractivity contribution in [2.45, 2.75) is 32.7 Å². The molecule has 1 N–H and O–H groups in total. The van der Waals surface area contributed by atoms with Gasteiger partial charge in [-0.15, -0.1) is 0 Å². The lowest BCUT2D eigenvalue weighted by Crippen LogP contribution is -2.49. The van der Waals surface area contributed by atoms with Crippen molar-refractivity contribution < 1.29 is 4.74 Å². The summed E-state index contributed by atoms with van der Waals surface area (Å²) in [5, 5.41) is 2.28. The van der Waals surface area contributed by atoms with Gasteiger partial charge in [0.2, 0.25) is 0 Å². The van der Waals surface area contributed by atoms with Gasteiger partial charge in [0.25, 0.3) is 0 Å². The van der Waals surface area contributed by atoms with E-state index in [0.29, 0.717) is 6.04 Å². The maximum absolute atomic E-state index is 5.27. The molecule has 3 nitrogen and oxygen atoms in total. The van der Waals surface area contributed by atoms with Crippen molar-refractivity contribution >= 4 is 0 Å². The second kappa shape index (κ2) is 5.51. The molecule has 1 aliphatic heterocycles. The number of hydrogen-bond donors (Lipinski definition) is 1. The summed E-state index contributed by atoms with van der Waals surface area (Å²) in [5.74, 6) is 0. The number of hydrazine groups is 1. The van der Waals surface area contributed by atoms with Crippen molar-refractivity contribution in [3.63, 3.8) is 0 Å². The minimum absolute atomic E-state index is 0.642. The maximum Gasteiger partial charge on any atom is 0.0608 e. The maximum atomic E-state index is 5.27. The molecule has 1 rings (SSSR count). The standard InChI is InChI=1S/C9H20N2O/c1-3-9(4-2)10-11-5-7-12-8-6-11/h9-10H,3-8H2,1-2H3. The van der Waals surface area contributed by atoms with Crippen LogP contribution in [0.3, 0.4) is 0 Å². The van der Waals surface area contributed by atoms with Gasteiger partial charge in [0, 0.05) is 19.1 Å². The molecule has 0 aromatic carbocycles. The Balaban J connectivity index is 2.18. The monoisotopic (exact) mass is 172 g/mol. The van der Waals surface area contributed by atoms with Gasteiger partial charge < -0.3 is 4.74 Å². The van der Waals surface area contributed by atoms with E-state index in [9.17, 15) is 0 Å². The molecule has 0 aromatic rings. The van der Waals surface area contributed by atoms with Crippen molar-refractivity contribution in [2.75, 3.05) is 26.3 Å². The number of nitrogens with one attached hydrogen (secondary N) is 1. The van der Waals surface area contributed by atoms with Gasteiger partial charge in [0.05, 0.1) is 13.2 Å². The molecular weight excluding hydrogens is 152 g/mol. The average molecular weight is 172 g/mol. The number of morpholine rings is 1. The summed E-state index contributed by atoms with van der Waals surface area (Å²) in [5.41, 5.74) is 3.51. The molecule has 0 spiro atoms. The number of hydrogen-bond acceptors (Lipinski definition) is 3. The van der Waals surface area contributed by atoms with Crippen molar-refractivity contribution in [3.05, 3.63) is 0 Å². The van der Waals surface area contributed by atoms with E-state index in [1.807, 2.05) is 0 Å². The second-order valence-electron chi connectivity index (χ2n) is 3.24. The molecule has 1 heterocycles. The van der Waals surface area contributed by atoms with Gasteiger partial charge in [-0.1, -0.05) is 13.8 Å². The van der Waals surface area contributed by atoms with Crippen LogP contribution >= 0.6 is 0 Å². The lowest BCUT2D eigenvalue weighted by atomic mass is 10.2. The Morgan fingerprint density at radius 1 is 1.25 bits per heavy atom. The van der Waals surface area contributed by atoms with Crippen LogP contribution in [0.4, 0.5) is 0 Å². The molecule has 0 aromatic heterocycles. The van der Waals surface area contributed by atoms with Gasteiger partial charge in [-0.3, -0.25) is 5.43 Å². The Bertz CT molecular complexity index is 109. The van der Waals surface area contributed by atoms with E-state index in [4.69, 9.17) is 4.74 Å². The van der Waals surface area contributed by atoms with Crippen LogP contribution < -0.4 is 5.43 Å². The van der Waals surface area contributed by atoms with Gasteiger partial charge in [-0.25, -0.2) is 5.01 Å². The Kier molecular flexibility index (Phi) is 4.58. The zero-order valence-corrected chi connectivity index (χ0v) is 8.18. The van der Waals surface area contributed by atoms with Crippen molar-refractivity contribution in [3.8, 4) is 0 Å². The molecule has 0 bridgehead atoms. The highest BCUT2D eigenvalue weighted by atomic mass is 16.5. The minimum Gasteiger partial charge on any atom is -0.379 e. The summed E-state index contributed by atoms with van der Waals surface area (Å²) in [6, 6.07) is 0.642. The minimum atomic E-state index is 0.642. The molecule has 0 amide bonds. The van der Waals surface area contributed by atoms with Gasteiger partial charge in [-0.2, -0.15) is 0 Å². The van der Waals surface area contributed by atoms with Crippen LogP contribution in [0.25, 0.3) is 0 Å². The molecule has 12 heavy (non-hydrogen) atoms. The quantitative estimate of drug-likeness (QED) is 0.685.